The molecule has 20 heavy (non-hydrogen) atoms. The fourth-order valence-electron chi connectivity index (χ4n) is 1.45. The van der Waals surface area contributed by atoms with Crippen LogP contribution < -0.4 is 4.74 Å². The minimum Gasteiger partial charge on any atom is -0.479 e. The molecule has 0 N–H and O–H groups in total. The lowest BCUT2D eigenvalue weighted by Gasteiger charge is -2.20. The van der Waals surface area contributed by atoms with Gasteiger partial charge in [-0.1, -0.05) is 32.9 Å². The van der Waals surface area contributed by atoms with E-state index in [0.29, 0.717) is 17.9 Å². The molecule has 0 spiro atoms. The lowest BCUT2D eigenvalue weighted by atomic mass is 9.99. The number of carbonyl (C=O) groups excluding carboxylic acids is 2. The lowest BCUT2D eigenvalue weighted by Crippen LogP contribution is -2.29. The molecule has 0 saturated heterocycles. The second kappa shape index (κ2) is 6.55. The van der Waals surface area contributed by atoms with Crippen molar-refractivity contribution in [2.75, 3.05) is 6.61 Å². The quantitative estimate of drug-likeness (QED) is 0.613. The number of carbonyl (C=O) groups is 2. The van der Waals surface area contributed by atoms with Crippen LogP contribution in [-0.4, -0.2) is 24.5 Å². The number of esters is 1. The molecule has 0 aromatic heterocycles. The van der Waals surface area contributed by atoms with Crippen molar-refractivity contribution in [3.63, 3.8) is 0 Å². The van der Waals surface area contributed by atoms with E-state index in [1.165, 1.54) is 6.92 Å². The van der Waals surface area contributed by atoms with Crippen molar-refractivity contribution in [2.24, 2.45) is 5.41 Å². The van der Waals surface area contributed by atoms with Crippen LogP contribution in [-0.2, 0) is 9.53 Å². The van der Waals surface area contributed by atoms with Gasteiger partial charge < -0.3 is 9.47 Å². The molecule has 0 amide bonds. The summed E-state index contributed by atoms with van der Waals surface area (Å²) in [5.74, 6) is 0.0319. The van der Waals surface area contributed by atoms with Crippen molar-refractivity contribution in [2.45, 2.75) is 40.7 Å². The van der Waals surface area contributed by atoms with Crippen molar-refractivity contribution >= 4 is 11.8 Å². The van der Waals surface area contributed by atoms with Gasteiger partial charge in [0.1, 0.15) is 5.75 Å². The van der Waals surface area contributed by atoms with Crippen molar-refractivity contribution in [3.8, 4) is 5.75 Å². The molecule has 0 saturated carbocycles. The molecule has 1 unspecified atom stereocenters. The monoisotopic (exact) mass is 278 g/mol. The van der Waals surface area contributed by atoms with Crippen LogP contribution in [0.15, 0.2) is 24.3 Å². The lowest BCUT2D eigenvalue weighted by molar-refractivity contribution is -0.153. The Labute approximate surface area is 120 Å². The van der Waals surface area contributed by atoms with E-state index in [2.05, 4.69) is 0 Å². The van der Waals surface area contributed by atoms with Crippen molar-refractivity contribution in [1.82, 2.24) is 0 Å². The number of benzene rings is 1. The van der Waals surface area contributed by atoms with Gasteiger partial charge >= 0.3 is 5.97 Å². The van der Waals surface area contributed by atoms with Crippen LogP contribution in [0.1, 0.15) is 45.0 Å². The number of rotatable bonds is 5. The number of Topliss-reactive ketones (excluding diaryl/α,β-unsaturated/α-hetero) is 1. The molecule has 0 aliphatic heterocycles. The summed E-state index contributed by atoms with van der Waals surface area (Å²) >= 11 is 0. The van der Waals surface area contributed by atoms with E-state index in [-0.39, 0.29) is 11.2 Å². The Morgan fingerprint density at radius 1 is 1.25 bits per heavy atom. The van der Waals surface area contributed by atoms with Crippen molar-refractivity contribution in [3.05, 3.63) is 29.8 Å². The van der Waals surface area contributed by atoms with Crippen LogP contribution in [0.3, 0.4) is 0 Å². The third kappa shape index (κ3) is 5.43. The predicted molar refractivity (Wildman–Crippen MR) is 77.0 cm³/mol. The molecular weight excluding hydrogens is 256 g/mol. The molecule has 0 bridgehead atoms. The average Bonchev–Trinajstić information content (AvgIpc) is 2.35. The van der Waals surface area contributed by atoms with E-state index in [9.17, 15) is 9.59 Å². The topological polar surface area (TPSA) is 52.6 Å². The molecule has 1 atom stereocenters. The molecule has 0 fully saturated rings. The molecule has 1 aromatic carbocycles. The molecule has 0 aliphatic carbocycles. The van der Waals surface area contributed by atoms with Gasteiger partial charge in [0.2, 0.25) is 0 Å². The van der Waals surface area contributed by atoms with Gasteiger partial charge in [-0.15, -0.1) is 0 Å². The first-order valence-electron chi connectivity index (χ1n) is 6.63. The first kappa shape index (κ1) is 16.2. The Hall–Kier alpha value is -1.84. The molecule has 1 aromatic rings. The van der Waals surface area contributed by atoms with E-state index in [0.717, 1.165) is 0 Å². The number of hydrogen-bond donors (Lipinski definition) is 0. The third-order valence-corrected chi connectivity index (χ3v) is 2.53. The van der Waals surface area contributed by atoms with Gasteiger partial charge in [-0.3, -0.25) is 4.79 Å². The minimum atomic E-state index is -0.709. The number of hydrogen-bond acceptors (Lipinski definition) is 4. The first-order valence-corrected chi connectivity index (χ1v) is 6.63. The third-order valence-electron chi connectivity index (χ3n) is 2.53. The Kier molecular flexibility index (Phi) is 5.31. The van der Waals surface area contributed by atoms with Crippen molar-refractivity contribution in [1.29, 1.82) is 0 Å². The summed E-state index contributed by atoms with van der Waals surface area (Å²) in [6.07, 6.45) is -0.709. The highest BCUT2D eigenvalue weighted by Crippen LogP contribution is 2.17. The fourth-order valence-corrected chi connectivity index (χ4v) is 1.45. The van der Waals surface area contributed by atoms with Crippen LogP contribution in [0.5, 0.6) is 5.75 Å². The fraction of sp³-hybridized carbons (Fsp3) is 0.500. The maximum absolute atomic E-state index is 11.8. The number of ketones is 1. The van der Waals surface area contributed by atoms with Gasteiger partial charge in [0, 0.05) is 5.56 Å². The maximum Gasteiger partial charge on any atom is 0.347 e. The predicted octanol–water partition coefficient (Wildman–Crippen LogP) is 3.25. The highest BCUT2D eigenvalue weighted by Gasteiger charge is 2.20. The van der Waals surface area contributed by atoms with E-state index in [4.69, 9.17) is 9.47 Å². The molecule has 0 aliphatic rings. The Bertz CT molecular complexity index is 485. The zero-order valence-electron chi connectivity index (χ0n) is 12.7. The smallest absolute Gasteiger partial charge is 0.347 e. The standard InChI is InChI=1S/C16H22O4/c1-11(17)13-7-6-8-14(9-13)20-12(2)15(18)19-10-16(3,4)5/h6-9,12H,10H2,1-5H3. The van der Waals surface area contributed by atoms with Gasteiger partial charge in [0.15, 0.2) is 11.9 Å². The van der Waals surface area contributed by atoms with E-state index in [1.807, 2.05) is 20.8 Å². The minimum absolute atomic E-state index is 0.0431. The van der Waals surface area contributed by atoms with Gasteiger partial charge in [-0.05, 0) is 31.4 Å². The van der Waals surface area contributed by atoms with Crippen LogP contribution >= 0.6 is 0 Å². The summed E-state index contributed by atoms with van der Waals surface area (Å²) in [6.45, 7) is 9.42. The molecule has 0 radical (unpaired) electrons. The molecule has 110 valence electrons. The second-order valence-corrected chi connectivity index (χ2v) is 6.01. The van der Waals surface area contributed by atoms with Gasteiger partial charge in [0.05, 0.1) is 6.61 Å². The second-order valence-electron chi connectivity index (χ2n) is 6.01. The Morgan fingerprint density at radius 2 is 1.90 bits per heavy atom. The zero-order valence-corrected chi connectivity index (χ0v) is 12.7. The maximum atomic E-state index is 11.8. The highest BCUT2D eigenvalue weighted by atomic mass is 16.6. The van der Waals surface area contributed by atoms with Crippen LogP contribution in [0.2, 0.25) is 0 Å². The summed E-state index contributed by atoms with van der Waals surface area (Å²) in [5, 5.41) is 0. The summed E-state index contributed by atoms with van der Waals surface area (Å²) < 4.78 is 10.7. The summed E-state index contributed by atoms with van der Waals surface area (Å²) in [6, 6.07) is 6.76. The SMILES string of the molecule is CC(=O)c1cccc(OC(C)C(=O)OCC(C)(C)C)c1. The molecule has 0 heterocycles. The average molecular weight is 278 g/mol. The largest absolute Gasteiger partial charge is 0.479 e. The summed E-state index contributed by atoms with van der Waals surface area (Å²) in [4.78, 5) is 23.1. The normalized spacial score (nSPS) is 12.7. The van der Waals surface area contributed by atoms with E-state index in [1.54, 1.807) is 31.2 Å². The van der Waals surface area contributed by atoms with Crippen LogP contribution in [0.25, 0.3) is 0 Å². The number of ether oxygens (including phenoxy) is 2. The molecule has 4 nitrogen and oxygen atoms in total. The molecular formula is C16H22O4. The van der Waals surface area contributed by atoms with Gasteiger partial charge in [0.25, 0.3) is 0 Å². The molecule has 1 rings (SSSR count). The summed E-state index contributed by atoms with van der Waals surface area (Å²) in [7, 11) is 0. The van der Waals surface area contributed by atoms with E-state index < -0.39 is 12.1 Å². The van der Waals surface area contributed by atoms with Gasteiger partial charge in [-0.25, -0.2) is 4.79 Å². The summed E-state index contributed by atoms with van der Waals surface area (Å²) in [5.41, 5.74) is 0.474. The van der Waals surface area contributed by atoms with Crippen molar-refractivity contribution < 1.29 is 19.1 Å². The van der Waals surface area contributed by atoms with E-state index >= 15 is 0 Å². The Morgan fingerprint density at radius 3 is 2.45 bits per heavy atom. The van der Waals surface area contributed by atoms with Gasteiger partial charge in [-0.2, -0.15) is 0 Å². The van der Waals surface area contributed by atoms with Crippen LogP contribution in [0, 0.1) is 5.41 Å². The Balaban J connectivity index is 2.61. The molecule has 4 heteroatoms. The van der Waals surface area contributed by atoms with Crippen LogP contribution in [0.4, 0.5) is 0 Å². The zero-order chi connectivity index (χ0) is 15.3. The highest BCUT2D eigenvalue weighted by molar-refractivity contribution is 5.94. The first-order chi connectivity index (χ1) is 9.19.